The summed E-state index contributed by atoms with van der Waals surface area (Å²) in [4.78, 5) is 23.6. The van der Waals surface area contributed by atoms with Gasteiger partial charge >= 0.3 is 5.63 Å². The highest BCUT2D eigenvalue weighted by Crippen LogP contribution is 2.39. The van der Waals surface area contributed by atoms with E-state index in [-0.39, 0.29) is 16.9 Å². The Morgan fingerprint density at radius 2 is 1.92 bits per heavy atom. The lowest BCUT2D eigenvalue weighted by Gasteiger charge is -2.25. The molecule has 0 spiro atoms. The lowest BCUT2D eigenvalue weighted by atomic mass is 10.2. The van der Waals surface area contributed by atoms with Gasteiger partial charge in [0.2, 0.25) is 0 Å². The van der Waals surface area contributed by atoms with Crippen LogP contribution in [0.2, 0.25) is 0 Å². The first-order valence-corrected chi connectivity index (χ1v) is 9.07. The van der Waals surface area contributed by atoms with Crippen LogP contribution < -0.4 is 15.8 Å². The van der Waals surface area contributed by atoms with Gasteiger partial charge in [-0.2, -0.15) is 0 Å². The Kier molecular flexibility index (Phi) is 4.30. The third-order valence-corrected chi connectivity index (χ3v) is 5.35. The predicted octanol–water partition coefficient (Wildman–Crippen LogP) is 3.40. The van der Waals surface area contributed by atoms with Crippen molar-refractivity contribution in [3.8, 4) is 5.75 Å². The number of methoxy groups -OCH3 is 1. The molecule has 1 aliphatic heterocycles. The number of hydrazine groups is 1. The summed E-state index contributed by atoms with van der Waals surface area (Å²) < 4.78 is 10.3. The highest BCUT2D eigenvalue weighted by molar-refractivity contribution is 8.00. The van der Waals surface area contributed by atoms with Gasteiger partial charge in [-0.25, -0.2) is 9.80 Å². The molecule has 1 unspecified atom stereocenters. The number of fused-ring (bicyclic) bond motifs is 1. The summed E-state index contributed by atoms with van der Waals surface area (Å²) in [5.41, 5.74) is 5.08. The van der Waals surface area contributed by atoms with E-state index in [0.717, 1.165) is 22.4 Å². The number of amides is 1. The van der Waals surface area contributed by atoms with Crippen molar-refractivity contribution in [3.05, 3.63) is 70.6 Å². The number of ether oxygens (including phenoxy) is 1. The van der Waals surface area contributed by atoms with Gasteiger partial charge in [-0.05, 0) is 42.0 Å². The topological polar surface area (TPSA) is 71.8 Å². The summed E-state index contributed by atoms with van der Waals surface area (Å²) in [6.07, 6.45) is 0. The molecule has 26 heavy (non-hydrogen) atoms. The van der Waals surface area contributed by atoms with Crippen molar-refractivity contribution in [2.45, 2.75) is 5.37 Å². The SMILES string of the molecule is COc1ccc(C2SCC(=O)N2Nc2ccc3oc(=O)ccc3c2)cc1. The number of nitrogens with zero attached hydrogens (tertiary/aromatic N) is 1. The van der Waals surface area contributed by atoms with E-state index < -0.39 is 0 Å². The molecule has 1 amide bonds. The van der Waals surface area contributed by atoms with Gasteiger partial charge in [0.15, 0.2) is 0 Å². The Labute approximate surface area is 153 Å². The van der Waals surface area contributed by atoms with Gasteiger partial charge in [0.05, 0.1) is 18.6 Å². The molecule has 7 heteroatoms. The summed E-state index contributed by atoms with van der Waals surface area (Å²) >= 11 is 1.56. The Morgan fingerprint density at radius 3 is 2.69 bits per heavy atom. The van der Waals surface area contributed by atoms with Gasteiger partial charge in [-0.3, -0.25) is 10.2 Å². The van der Waals surface area contributed by atoms with Crippen molar-refractivity contribution in [1.29, 1.82) is 0 Å². The zero-order valence-corrected chi connectivity index (χ0v) is 14.8. The smallest absolute Gasteiger partial charge is 0.336 e. The standard InChI is InChI=1S/C19H16N2O4S/c1-24-15-6-2-12(3-7-15)19-21(17(22)11-26-19)20-14-5-8-16-13(10-14)4-9-18(23)25-16/h2-10,19-20H,11H2,1H3. The molecule has 1 fully saturated rings. The van der Waals surface area contributed by atoms with Gasteiger partial charge in [0.1, 0.15) is 16.7 Å². The molecule has 6 nitrogen and oxygen atoms in total. The quantitative estimate of drug-likeness (QED) is 0.712. The lowest BCUT2D eigenvalue weighted by Crippen LogP contribution is -2.33. The second-order valence-electron chi connectivity index (χ2n) is 5.82. The third-order valence-electron chi connectivity index (χ3n) is 4.14. The van der Waals surface area contributed by atoms with Gasteiger partial charge in [-0.15, -0.1) is 11.8 Å². The first-order chi connectivity index (χ1) is 12.6. The van der Waals surface area contributed by atoms with E-state index in [4.69, 9.17) is 9.15 Å². The van der Waals surface area contributed by atoms with Crippen LogP contribution in [0.3, 0.4) is 0 Å². The van der Waals surface area contributed by atoms with Crippen LogP contribution in [0.5, 0.6) is 5.75 Å². The summed E-state index contributed by atoms with van der Waals surface area (Å²) in [6, 6.07) is 16.1. The number of hydrogen-bond acceptors (Lipinski definition) is 6. The molecule has 1 aliphatic rings. The maximum absolute atomic E-state index is 12.4. The van der Waals surface area contributed by atoms with Gasteiger partial charge < -0.3 is 9.15 Å². The van der Waals surface area contributed by atoms with Crippen molar-refractivity contribution in [2.24, 2.45) is 0 Å². The van der Waals surface area contributed by atoms with E-state index in [2.05, 4.69) is 5.43 Å². The molecule has 1 N–H and O–H groups in total. The van der Waals surface area contributed by atoms with Crippen molar-refractivity contribution < 1.29 is 13.9 Å². The van der Waals surface area contributed by atoms with Gasteiger partial charge in [-0.1, -0.05) is 12.1 Å². The third kappa shape index (κ3) is 3.13. The van der Waals surface area contributed by atoms with Crippen molar-refractivity contribution in [2.75, 3.05) is 18.3 Å². The number of nitrogens with one attached hydrogen (secondary N) is 1. The van der Waals surface area contributed by atoms with Crippen LogP contribution in [0.1, 0.15) is 10.9 Å². The maximum Gasteiger partial charge on any atom is 0.336 e. The molecule has 0 bridgehead atoms. The summed E-state index contributed by atoms with van der Waals surface area (Å²) in [7, 11) is 1.62. The average molecular weight is 368 g/mol. The van der Waals surface area contributed by atoms with Gasteiger partial charge in [0.25, 0.3) is 5.91 Å². The molecular formula is C19H16N2O4S. The fraction of sp³-hybridized carbons (Fsp3) is 0.158. The zero-order chi connectivity index (χ0) is 18.1. The highest BCUT2D eigenvalue weighted by atomic mass is 32.2. The molecule has 1 saturated heterocycles. The summed E-state index contributed by atoms with van der Waals surface area (Å²) in [5.74, 6) is 1.20. The average Bonchev–Trinajstić information content (AvgIpc) is 3.02. The fourth-order valence-corrected chi connectivity index (χ4v) is 3.95. The monoisotopic (exact) mass is 368 g/mol. The second kappa shape index (κ2) is 6.76. The minimum atomic E-state index is -0.385. The first-order valence-electron chi connectivity index (χ1n) is 8.02. The molecule has 0 saturated carbocycles. The zero-order valence-electron chi connectivity index (χ0n) is 14.0. The summed E-state index contributed by atoms with van der Waals surface area (Å²) in [5, 5.41) is 2.29. The minimum absolute atomic E-state index is 0.00973. The van der Waals surface area contributed by atoms with Crippen molar-refractivity contribution >= 4 is 34.3 Å². The predicted molar refractivity (Wildman–Crippen MR) is 101 cm³/mol. The number of carbonyl (C=O) groups excluding carboxylic acids is 1. The van der Waals surface area contributed by atoms with Crippen molar-refractivity contribution in [1.82, 2.24) is 5.01 Å². The van der Waals surface area contributed by atoms with E-state index in [1.165, 1.54) is 6.07 Å². The molecule has 2 aromatic carbocycles. The molecule has 1 aromatic heterocycles. The number of thioether (sulfide) groups is 1. The van der Waals surface area contributed by atoms with E-state index >= 15 is 0 Å². The van der Waals surface area contributed by atoms with E-state index in [9.17, 15) is 9.59 Å². The van der Waals surface area contributed by atoms with Crippen LogP contribution >= 0.6 is 11.8 Å². The molecule has 132 valence electrons. The van der Waals surface area contributed by atoms with E-state index in [0.29, 0.717) is 11.3 Å². The first kappa shape index (κ1) is 16.5. The molecule has 2 heterocycles. The fourth-order valence-electron chi connectivity index (χ4n) is 2.84. The minimum Gasteiger partial charge on any atom is -0.497 e. The Bertz CT molecular complexity index is 1020. The van der Waals surface area contributed by atoms with Crippen LogP contribution in [0.4, 0.5) is 5.69 Å². The van der Waals surface area contributed by atoms with Crippen LogP contribution in [-0.2, 0) is 4.79 Å². The number of anilines is 1. The normalized spacial score (nSPS) is 16.9. The Balaban J connectivity index is 1.61. The van der Waals surface area contributed by atoms with Crippen molar-refractivity contribution in [3.63, 3.8) is 0 Å². The van der Waals surface area contributed by atoms with E-state index in [1.54, 1.807) is 42.1 Å². The summed E-state index contributed by atoms with van der Waals surface area (Å²) in [6.45, 7) is 0. The number of rotatable bonds is 4. The Hall–Kier alpha value is -2.93. The molecule has 0 aliphatic carbocycles. The Morgan fingerprint density at radius 1 is 1.12 bits per heavy atom. The van der Waals surface area contributed by atoms with Crippen LogP contribution in [-0.4, -0.2) is 23.8 Å². The van der Waals surface area contributed by atoms with Gasteiger partial charge in [0, 0.05) is 11.5 Å². The van der Waals surface area contributed by atoms with Crippen LogP contribution in [0.25, 0.3) is 11.0 Å². The van der Waals surface area contributed by atoms with Crippen LogP contribution in [0.15, 0.2) is 63.8 Å². The lowest BCUT2D eigenvalue weighted by molar-refractivity contribution is -0.126. The molecule has 1 atom stereocenters. The molecule has 0 radical (unpaired) electrons. The highest BCUT2D eigenvalue weighted by Gasteiger charge is 2.33. The van der Waals surface area contributed by atoms with E-state index in [1.807, 2.05) is 30.3 Å². The largest absolute Gasteiger partial charge is 0.497 e. The number of carbonyl (C=O) groups is 1. The number of hydrogen-bond donors (Lipinski definition) is 1. The second-order valence-corrected chi connectivity index (χ2v) is 6.89. The molecule has 3 aromatic rings. The number of benzene rings is 2. The molecular weight excluding hydrogens is 352 g/mol. The van der Waals surface area contributed by atoms with Crippen LogP contribution in [0, 0.1) is 0 Å². The molecule has 4 rings (SSSR count). The maximum atomic E-state index is 12.4.